The highest BCUT2D eigenvalue weighted by atomic mass is 32.1. The molecule has 1 aromatic carbocycles. The highest BCUT2D eigenvalue weighted by Gasteiger charge is 2.16. The Balaban J connectivity index is 1.43. The van der Waals surface area contributed by atoms with Gasteiger partial charge in [-0.25, -0.2) is 4.98 Å². The molecule has 5 nitrogen and oxygen atoms in total. The summed E-state index contributed by atoms with van der Waals surface area (Å²) in [6.07, 6.45) is 0.949. The Morgan fingerprint density at radius 3 is 2.68 bits per heavy atom. The van der Waals surface area contributed by atoms with E-state index >= 15 is 0 Å². The average molecular weight is 414 g/mol. The molecule has 0 aliphatic carbocycles. The lowest BCUT2D eigenvalue weighted by Gasteiger charge is -2.26. The van der Waals surface area contributed by atoms with Gasteiger partial charge in [0.2, 0.25) is 0 Å². The highest BCUT2D eigenvalue weighted by molar-refractivity contribution is 7.14. The monoisotopic (exact) mass is 413 g/mol. The number of amides is 1. The van der Waals surface area contributed by atoms with Crippen molar-refractivity contribution >= 4 is 39.4 Å². The van der Waals surface area contributed by atoms with E-state index in [1.165, 1.54) is 10.4 Å². The third kappa shape index (κ3) is 4.11. The fraction of sp³-hybridized carbons (Fsp3) is 0.333. The van der Waals surface area contributed by atoms with Gasteiger partial charge < -0.3 is 15.0 Å². The minimum absolute atomic E-state index is 0.0520. The van der Waals surface area contributed by atoms with Crippen LogP contribution in [-0.2, 0) is 11.2 Å². The van der Waals surface area contributed by atoms with Crippen molar-refractivity contribution in [3.8, 4) is 11.3 Å². The van der Waals surface area contributed by atoms with E-state index in [0.29, 0.717) is 0 Å². The van der Waals surface area contributed by atoms with Crippen LogP contribution in [0.1, 0.15) is 27.0 Å². The van der Waals surface area contributed by atoms with E-state index in [2.05, 4.69) is 29.4 Å². The minimum Gasteiger partial charge on any atom is -0.378 e. The van der Waals surface area contributed by atoms with Gasteiger partial charge in [0.15, 0.2) is 5.13 Å². The molecule has 0 saturated carbocycles. The van der Waals surface area contributed by atoms with Crippen molar-refractivity contribution in [1.29, 1.82) is 0 Å². The summed E-state index contributed by atoms with van der Waals surface area (Å²) in [6, 6.07) is 9.87. The quantitative estimate of drug-likeness (QED) is 0.651. The van der Waals surface area contributed by atoms with Crippen LogP contribution in [-0.4, -0.2) is 37.2 Å². The third-order valence-electron chi connectivity index (χ3n) is 4.84. The number of carbonyl (C=O) groups is 1. The maximum absolute atomic E-state index is 12.5. The molecule has 0 atom stereocenters. The Morgan fingerprint density at radius 2 is 2.00 bits per heavy atom. The van der Waals surface area contributed by atoms with Gasteiger partial charge in [-0.1, -0.05) is 19.1 Å². The summed E-state index contributed by atoms with van der Waals surface area (Å²) in [5, 5.41) is 6.11. The fourth-order valence-corrected chi connectivity index (χ4v) is 5.09. The van der Waals surface area contributed by atoms with Crippen LogP contribution in [0.5, 0.6) is 0 Å². The number of nitrogens with one attached hydrogen (secondary N) is 1. The largest absolute Gasteiger partial charge is 0.378 e. The molecule has 1 fully saturated rings. The van der Waals surface area contributed by atoms with Gasteiger partial charge in [-0.05, 0) is 37.1 Å². The zero-order valence-electron chi connectivity index (χ0n) is 16.0. The van der Waals surface area contributed by atoms with Crippen molar-refractivity contribution in [2.24, 2.45) is 0 Å². The summed E-state index contributed by atoms with van der Waals surface area (Å²) in [5.41, 5.74) is 4.05. The Kier molecular flexibility index (Phi) is 5.75. The maximum atomic E-state index is 12.5. The lowest BCUT2D eigenvalue weighted by atomic mass is 10.1. The number of hydrogen-bond donors (Lipinski definition) is 1. The Bertz CT molecular complexity index is 956. The number of carbonyl (C=O) groups excluding carboxylic acids is 1. The summed E-state index contributed by atoms with van der Waals surface area (Å²) in [6.45, 7) is 7.46. The Labute approximate surface area is 173 Å². The Hall–Kier alpha value is -2.22. The summed E-state index contributed by atoms with van der Waals surface area (Å²) >= 11 is 3.21. The van der Waals surface area contributed by atoms with Crippen LogP contribution in [0.15, 0.2) is 35.7 Å². The van der Waals surface area contributed by atoms with E-state index in [0.717, 1.165) is 59.7 Å². The van der Waals surface area contributed by atoms with Gasteiger partial charge in [0.1, 0.15) is 0 Å². The smallest absolute Gasteiger partial charge is 0.265 e. The van der Waals surface area contributed by atoms with Gasteiger partial charge in [-0.3, -0.25) is 4.79 Å². The molecular formula is C21H23N3O2S2. The number of benzene rings is 1. The van der Waals surface area contributed by atoms with Crippen molar-refractivity contribution in [2.75, 3.05) is 36.5 Å². The van der Waals surface area contributed by atoms with Crippen LogP contribution in [0, 0.1) is 6.92 Å². The maximum Gasteiger partial charge on any atom is 0.265 e. The normalized spacial score (nSPS) is 14.3. The summed E-state index contributed by atoms with van der Waals surface area (Å²) in [7, 11) is 0. The van der Waals surface area contributed by atoms with E-state index < -0.39 is 0 Å². The molecule has 0 unspecified atom stereocenters. The fourth-order valence-electron chi connectivity index (χ4n) is 3.20. The van der Waals surface area contributed by atoms with Crippen molar-refractivity contribution in [3.63, 3.8) is 0 Å². The molecular weight excluding hydrogens is 390 g/mol. The van der Waals surface area contributed by atoms with E-state index in [-0.39, 0.29) is 5.91 Å². The first-order chi connectivity index (χ1) is 13.6. The van der Waals surface area contributed by atoms with Crippen molar-refractivity contribution in [2.45, 2.75) is 20.3 Å². The number of anilines is 2. The number of morpholine rings is 1. The summed E-state index contributed by atoms with van der Waals surface area (Å²) < 4.78 is 5.41. The molecule has 0 radical (unpaired) electrons. The number of aryl methyl sites for hydroxylation is 2. The van der Waals surface area contributed by atoms with E-state index in [9.17, 15) is 4.79 Å². The molecule has 2 aromatic heterocycles. The van der Waals surface area contributed by atoms with E-state index in [1.54, 1.807) is 22.7 Å². The van der Waals surface area contributed by atoms with Crippen molar-refractivity contribution in [1.82, 2.24) is 4.98 Å². The molecule has 1 amide bonds. The minimum atomic E-state index is -0.0520. The molecule has 4 rings (SSSR count). The van der Waals surface area contributed by atoms with Crippen LogP contribution in [0.3, 0.4) is 0 Å². The summed E-state index contributed by atoms with van der Waals surface area (Å²) in [5.74, 6) is -0.0520. The molecule has 1 saturated heterocycles. The topological polar surface area (TPSA) is 54.5 Å². The number of nitrogens with zero attached hydrogens (tertiary/aromatic N) is 2. The molecule has 1 aliphatic rings. The van der Waals surface area contributed by atoms with E-state index in [4.69, 9.17) is 9.72 Å². The predicted molar refractivity (Wildman–Crippen MR) is 117 cm³/mol. The first-order valence-corrected chi connectivity index (χ1v) is 11.1. The zero-order valence-corrected chi connectivity index (χ0v) is 17.7. The van der Waals surface area contributed by atoms with Crippen LogP contribution in [0.25, 0.3) is 11.3 Å². The van der Waals surface area contributed by atoms with Gasteiger partial charge in [0, 0.05) is 34.6 Å². The second kappa shape index (κ2) is 8.43. The van der Waals surface area contributed by atoms with E-state index in [1.807, 2.05) is 30.3 Å². The Morgan fingerprint density at radius 1 is 1.25 bits per heavy atom. The first-order valence-electron chi connectivity index (χ1n) is 9.43. The molecule has 146 valence electrons. The van der Waals surface area contributed by atoms with Gasteiger partial charge in [-0.15, -0.1) is 22.7 Å². The molecule has 28 heavy (non-hydrogen) atoms. The first kappa shape index (κ1) is 19.1. The van der Waals surface area contributed by atoms with Gasteiger partial charge in [0.05, 0.1) is 23.8 Å². The molecule has 3 heterocycles. The molecule has 1 N–H and O–H groups in total. The number of aromatic nitrogens is 1. The second-order valence-corrected chi connectivity index (χ2v) is 8.78. The molecule has 3 aromatic rings. The molecule has 7 heteroatoms. The molecule has 1 aliphatic heterocycles. The summed E-state index contributed by atoms with van der Waals surface area (Å²) in [4.78, 5) is 21.5. The van der Waals surface area contributed by atoms with Gasteiger partial charge in [-0.2, -0.15) is 0 Å². The second-order valence-electron chi connectivity index (χ2n) is 6.69. The number of thiazole rings is 1. The lowest BCUT2D eigenvalue weighted by molar-refractivity contribution is 0.103. The number of thiophene rings is 1. The van der Waals surface area contributed by atoms with Crippen molar-refractivity contribution < 1.29 is 9.53 Å². The van der Waals surface area contributed by atoms with Crippen LogP contribution >= 0.6 is 22.7 Å². The highest BCUT2D eigenvalue weighted by Crippen LogP contribution is 2.29. The average Bonchev–Trinajstić information content (AvgIpc) is 3.36. The lowest BCUT2D eigenvalue weighted by Crippen LogP contribution is -2.36. The molecule has 0 spiro atoms. The standard InChI is InChI=1S/C21H23N3O2S2/c1-3-15-12-19(28-14(15)2)20(25)22-17-6-4-16(5-7-17)18-13-27-21(23-18)24-8-10-26-11-9-24/h4-7,12-13H,3,8-11H2,1-2H3,(H,22,25). The SMILES string of the molecule is CCc1cc(C(=O)Nc2ccc(-c3csc(N4CCOCC4)n3)cc2)sc1C. The van der Waals surface area contributed by atoms with Gasteiger partial charge in [0.25, 0.3) is 5.91 Å². The van der Waals surface area contributed by atoms with Crippen molar-refractivity contribution in [3.05, 3.63) is 51.0 Å². The predicted octanol–water partition coefficient (Wildman–Crippen LogP) is 4.83. The van der Waals surface area contributed by atoms with Crippen LogP contribution in [0.2, 0.25) is 0 Å². The van der Waals surface area contributed by atoms with Crippen LogP contribution in [0.4, 0.5) is 10.8 Å². The molecule has 0 bridgehead atoms. The zero-order chi connectivity index (χ0) is 19.5. The van der Waals surface area contributed by atoms with Crippen LogP contribution < -0.4 is 10.2 Å². The number of rotatable bonds is 5. The third-order valence-corrected chi connectivity index (χ3v) is 6.83. The number of hydrogen-bond acceptors (Lipinski definition) is 6. The van der Waals surface area contributed by atoms with Gasteiger partial charge >= 0.3 is 0 Å². The number of ether oxygens (including phenoxy) is 1.